The van der Waals surface area contributed by atoms with E-state index < -0.39 is 0 Å². The normalized spacial score (nSPS) is 38.5. The molecule has 0 aromatic rings. The highest BCUT2D eigenvalue weighted by Crippen LogP contribution is 2.23. The van der Waals surface area contributed by atoms with Gasteiger partial charge < -0.3 is 10.2 Å². The summed E-state index contributed by atoms with van der Waals surface area (Å²) in [6, 6.07) is 2.36. The van der Waals surface area contributed by atoms with E-state index in [0.717, 1.165) is 18.1 Å². The number of hydrogen-bond donors (Lipinski definition) is 1. The van der Waals surface area contributed by atoms with Crippen molar-refractivity contribution in [3.8, 4) is 0 Å². The van der Waals surface area contributed by atoms with E-state index in [-0.39, 0.29) is 0 Å². The van der Waals surface area contributed by atoms with Gasteiger partial charge in [0.2, 0.25) is 0 Å². The molecule has 1 N–H and O–H groups in total. The zero-order valence-electron chi connectivity index (χ0n) is 8.21. The third-order valence-corrected chi connectivity index (χ3v) is 3.33. The third-order valence-electron chi connectivity index (χ3n) is 3.33. The van der Waals surface area contributed by atoms with Crippen LogP contribution in [0.3, 0.4) is 0 Å². The van der Waals surface area contributed by atoms with Crippen LogP contribution >= 0.6 is 0 Å². The molecule has 2 nitrogen and oxygen atoms in total. The molecule has 0 aromatic carbocycles. The zero-order valence-corrected chi connectivity index (χ0v) is 8.21. The number of piperidine rings is 1. The van der Waals surface area contributed by atoms with Crippen LogP contribution in [0.5, 0.6) is 0 Å². The highest BCUT2D eigenvalue weighted by Gasteiger charge is 2.30. The van der Waals surface area contributed by atoms with Gasteiger partial charge in [0.25, 0.3) is 0 Å². The van der Waals surface area contributed by atoms with E-state index in [4.69, 9.17) is 0 Å². The summed E-state index contributed by atoms with van der Waals surface area (Å²) < 4.78 is 0. The molecular weight excluding hydrogens is 148 g/mol. The number of nitrogens with zero attached hydrogens (tertiary/aromatic N) is 1. The molecule has 1 saturated carbocycles. The van der Waals surface area contributed by atoms with Crippen molar-refractivity contribution in [2.24, 2.45) is 0 Å². The van der Waals surface area contributed by atoms with Crippen LogP contribution in [0.15, 0.2) is 0 Å². The minimum Gasteiger partial charge on any atom is -0.310 e. The van der Waals surface area contributed by atoms with Crippen molar-refractivity contribution in [1.29, 1.82) is 0 Å². The van der Waals surface area contributed by atoms with Gasteiger partial charge in [-0.2, -0.15) is 0 Å². The first-order valence-corrected chi connectivity index (χ1v) is 5.23. The van der Waals surface area contributed by atoms with Crippen LogP contribution < -0.4 is 5.32 Å². The van der Waals surface area contributed by atoms with Gasteiger partial charge in [-0.15, -0.1) is 0 Å². The molecule has 2 unspecified atom stereocenters. The molecule has 2 atom stereocenters. The molecule has 0 spiro atoms. The highest BCUT2D eigenvalue weighted by atomic mass is 15.2. The van der Waals surface area contributed by atoms with Crippen molar-refractivity contribution in [3.05, 3.63) is 0 Å². The van der Waals surface area contributed by atoms with Crippen molar-refractivity contribution in [2.75, 3.05) is 13.6 Å². The van der Waals surface area contributed by atoms with Crippen molar-refractivity contribution in [1.82, 2.24) is 10.2 Å². The van der Waals surface area contributed by atoms with E-state index in [0.29, 0.717) is 0 Å². The fourth-order valence-corrected chi connectivity index (χ4v) is 2.09. The number of likely N-dealkylation sites (tertiary alicyclic amines) is 1. The molecule has 1 aliphatic carbocycles. The van der Waals surface area contributed by atoms with Gasteiger partial charge in [0.15, 0.2) is 0 Å². The fraction of sp³-hybridized carbons (Fsp3) is 1.00. The molecule has 1 saturated heterocycles. The van der Waals surface area contributed by atoms with Crippen LogP contribution in [0.4, 0.5) is 0 Å². The lowest BCUT2D eigenvalue weighted by Crippen LogP contribution is -2.51. The van der Waals surface area contributed by atoms with Crippen molar-refractivity contribution >= 4 is 0 Å². The maximum absolute atomic E-state index is 3.73. The molecule has 1 heterocycles. The Balaban J connectivity index is 1.84. The van der Waals surface area contributed by atoms with Crippen LogP contribution in [0, 0.1) is 0 Å². The van der Waals surface area contributed by atoms with Crippen LogP contribution in [0.25, 0.3) is 0 Å². The monoisotopic (exact) mass is 168 g/mol. The van der Waals surface area contributed by atoms with Gasteiger partial charge >= 0.3 is 0 Å². The summed E-state index contributed by atoms with van der Waals surface area (Å²) in [6.45, 7) is 3.63. The second kappa shape index (κ2) is 3.35. The molecule has 2 aliphatic rings. The Morgan fingerprint density at radius 2 is 2.00 bits per heavy atom. The molecule has 2 rings (SSSR count). The van der Waals surface area contributed by atoms with E-state index in [1.165, 1.54) is 32.2 Å². The molecule has 1 aliphatic heterocycles. The first-order chi connectivity index (χ1) is 5.77. The standard InChI is InChI=1S/C10H20N2/c1-8-10(11-9-5-6-9)4-3-7-12(8)2/h8-11H,3-7H2,1-2H3. The van der Waals surface area contributed by atoms with Gasteiger partial charge in [-0.3, -0.25) is 0 Å². The van der Waals surface area contributed by atoms with E-state index in [1.54, 1.807) is 0 Å². The Hall–Kier alpha value is -0.0800. The summed E-state index contributed by atoms with van der Waals surface area (Å²) >= 11 is 0. The minimum atomic E-state index is 0.736. The maximum Gasteiger partial charge on any atom is 0.0223 e. The summed E-state index contributed by atoms with van der Waals surface area (Å²) in [5.74, 6) is 0. The molecular formula is C10H20N2. The SMILES string of the molecule is CC1C(NC2CC2)CCCN1C. The van der Waals surface area contributed by atoms with Gasteiger partial charge in [-0.25, -0.2) is 0 Å². The topological polar surface area (TPSA) is 15.3 Å². The smallest absolute Gasteiger partial charge is 0.0223 e. The molecule has 2 fully saturated rings. The largest absolute Gasteiger partial charge is 0.310 e. The summed E-state index contributed by atoms with van der Waals surface area (Å²) in [6.07, 6.45) is 5.56. The lowest BCUT2D eigenvalue weighted by Gasteiger charge is -2.37. The number of nitrogens with one attached hydrogen (secondary N) is 1. The Labute approximate surface area is 75.3 Å². The predicted octanol–water partition coefficient (Wildman–Crippen LogP) is 1.22. The Bertz CT molecular complexity index is 154. The van der Waals surface area contributed by atoms with Gasteiger partial charge in [-0.1, -0.05) is 0 Å². The molecule has 70 valence electrons. The molecule has 0 bridgehead atoms. The first kappa shape index (κ1) is 8.52. The zero-order chi connectivity index (χ0) is 8.55. The number of rotatable bonds is 2. The molecule has 0 radical (unpaired) electrons. The van der Waals surface area contributed by atoms with Gasteiger partial charge in [-0.05, 0) is 46.2 Å². The average molecular weight is 168 g/mol. The van der Waals surface area contributed by atoms with E-state index >= 15 is 0 Å². The highest BCUT2D eigenvalue weighted by molar-refractivity contribution is 4.91. The molecule has 0 aromatic heterocycles. The summed E-state index contributed by atoms with van der Waals surface area (Å²) in [7, 11) is 2.24. The van der Waals surface area contributed by atoms with Crippen molar-refractivity contribution < 1.29 is 0 Å². The maximum atomic E-state index is 3.73. The average Bonchev–Trinajstić information content (AvgIpc) is 2.83. The molecule has 2 heteroatoms. The van der Waals surface area contributed by atoms with Crippen LogP contribution in [0.1, 0.15) is 32.6 Å². The number of likely N-dealkylation sites (N-methyl/N-ethyl adjacent to an activating group) is 1. The van der Waals surface area contributed by atoms with Crippen molar-refractivity contribution in [2.45, 2.75) is 50.7 Å². The van der Waals surface area contributed by atoms with Crippen molar-refractivity contribution in [3.63, 3.8) is 0 Å². The van der Waals surface area contributed by atoms with Crippen LogP contribution in [-0.2, 0) is 0 Å². The second-order valence-corrected chi connectivity index (χ2v) is 4.41. The predicted molar refractivity (Wildman–Crippen MR) is 51.3 cm³/mol. The quantitative estimate of drug-likeness (QED) is 0.667. The summed E-state index contributed by atoms with van der Waals surface area (Å²) in [5.41, 5.74) is 0. The Morgan fingerprint density at radius 1 is 1.25 bits per heavy atom. The first-order valence-electron chi connectivity index (χ1n) is 5.23. The lowest BCUT2D eigenvalue weighted by molar-refractivity contribution is 0.154. The van der Waals surface area contributed by atoms with E-state index in [9.17, 15) is 0 Å². The number of hydrogen-bond acceptors (Lipinski definition) is 2. The molecule has 12 heavy (non-hydrogen) atoms. The second-order valence-electron chi connectivity index (χ2n) is 4.41. The fourth-order valence-electron chi connectivity index (χ4n) is 2.09. The Kier molecular flexibility index (Phi) is 2.37. The summed E-state index contributed by atoms with van der Waals surface area (Å²) in [4.78, 5) is 2.48. The van der Waals surface area contributed by atoms with Crippen LogP contribution in [-0.4, -0.2) is 36.6 Å². The molecule has 0 amide bonds. The van der Waals surface area contributed by atoms with Gasteiger partial charge in [0.05, 0.1) is 0 Å². The third kappa shape index (κ3) is 1.80. The van der Waals surface area contributed by atoms with E-state index in [2.05, 4.69) is 24.2 Å². The van der Waals surface area contributed by atoms with Crippen LogP contribution in [0.2, 0.25) is 0 Å². The van der Waals surface area contributed by atoms with E-state index in [1.807, 2.05) is 0 Å². The minimum absolute atomic E-state index is 0.736. The lowest BCUT2D eigenvalue weighted by atomic mass is 9.98. The van der Waals surface area contributed by atoms with Gasteiger partial charge in [0, 0.05) is 18.1 Å². The van der Waals surface area contributed by atoms with Gasteiger partial charge in [0.1, 0.15) is 0 Å². The Morgan fingerprint density at radius 3 is 2.67 bits per heavy atom. The summed E-state index contributed by atoms with van der Waals surface area (Å²) in [5, 5.41) is 3.73.